The highest BCUT2D eigenvalue weighted by atomic mass is 35.5. The third-order valence-corrected chi connectivity index (χ3v) is 5.97. The van der Waals surface area contributed by atoms with Crippen LogP contribution in [0.1, 0.15) is 24.2 Å². The molecule has 1 aliphatic rings. The monoisotopic (exact) mass is 447 g/mol. The molecular weight excluding hydrogens is 422 g/mol. The maximum absolute atomic E-state index is 10.6. The zero-order valence-corrected chi connectivity index (χ0v) is 17.8. The van der Waals surface area contributed by atoms with Crippen LogP contribution in [0.15, 0.2) is 48.7 Å². The number of hydrogen-bond donors (Lipinski definition) is 4. The zero-order chi connectivity index (χ0) is 22.1. The van der Waals surface area contributed by atoms with Crippen molar-refractivity contribution in [3.63, 3.8) is 0 Å². The van der Waals surface area contributed by atoms with Crippen molar-refractivity contribution in [1.82, 2.24) is 4.57 Å². The number of aromatic nitrogens is 1. The second-order valence-electron chi connectivity index (χ2n) is 7.67. The lowest BCUT2D eigenvalue weighted by Gasteiger charge is -2.40. The van der Waals surface area contributed by atoms with E-state index < -0.39 is 37.1 Å². The minimum atomic E-state index is -1.44. The molecule has 3 aromatic rings. The molecule has 0 saturated carbocycles. The number of para-hydroxylation sites is 1. The molecule has 1 aromatic heterocycles. The van der Waals surface area contributed by atoms with Gasteiger partial charge in [-0.1, -0.05) is 35.9 Å². The summed E-state index contributed by atoms with van der Waals surface area (Å²) in [7, 11) is 0. The van der Waals surface area contributed by atoms with E-state index in [0.717, 1.165) is 22.2 Å². The lowest BCUT2D eigenvalue weighted by Crippen LogP contribution is -2.55. The third kappa shape index (κ3) is 4.17. The van der Waals surface area contributed by atoms with Crippen molar-refractivity contribution >= 4 is 22.5 Å². The molecule has 0 amide bonds. The average Bonchev–Trinajstić information content (AvgIpc) is 3.13. The summed E-state index contributed by atoms with van der Waals surface area (Å²) < 4.78 is 13.2. The van der Waals surface area contributed by atoms with E-state index in [9.17, 15) is 20.4 Å². The molecule has 2 heterocycles. The second kappa shape index (κ2) is 9.16. The first-order chi connectivity index (χ1) is 14.9. The van der Waals surface area contributed by atoms with Crippen LogP contribution in [0.4, 0.5) is 0 Å². The van der Waals surface area contributed by atoms with Gasteiger partial charge < -0.3 is 34.5 Å². The topological polar surface area (TPSA) is 104 Å². The van der Waals surface area contributed by atoms with Gasteiger partial charge in [0.1, 0.15) is 36.3 Å². The van der Waals surface area contributed by atoms with Crippen LogP contribution in [-0.4, -0.2) is 62.6 Å². The SMILES string of the molecule is CCOc1ccc(Cn2cc([C@@H]3O[C@H](CO)[C@@H](O)[C@H](O)[C@H]3O)c3cccc(Cl)c32)cc1. The molecule has 7 nitrogen and oxygen atoms in total. The van der Waals surface area contributed by atoms with Crippen molar-refractivity contribution in [3.8, 4) is 5.75 Å². The highest BCUT2D eigenvalue weighted by molar-refractivity contribution is 6.35. The van der Waals surface area contributed by atoms with Crippen LogP contribution in [0.3, 0.4) is 0 Å². The van der Waals surface area contributed by atoms with E-state index >= 15 is 0 Å². The maximum Gasteiger partial charge on any atom is 0.119 e. The summed E-state index contributed by atoms with van der Waals surface area (Å²) in [5, 5.41) is 41.8. The summed E-state index contributed by atoms with van der Waals surface area (Å²) in [6.45, 7) is 2.57. The molecule has 0 spiro atoms. The smallest absolute Gasteiger partial charge is 0.119 e. The number of benzene rings is 2. The lowest BCUT2D eigenvalue weighted by molar-refractivity contribution is -0.231. The molecule has 31 heavy (non-hydrogen) atoms. The van der Waals surface area contributed by atoms with Crippen LogP contribution in [0.2, 0.25) is 5.02 Å². The van der Waals surface area contributed by atoms with Crippen LogP contribution in [0, 0.1) is 0 Å². The molecule has 1 saturated heterocycles. The van der Waals surface area contributed by atoms with E-state index in [4.69, 9.17) is 21.1 Å². The first-order valence-corrected chi connectivity index (χ1v) is 10.6. The van der Waals surface area contributed by atoms with E-state index in [0.29, 0.717) is 23.7 Å². The quantitative estimate of drug-likeness (QED) is 0.462. The largest absolute Gasteiger partial charge is 0.494 e. The molecule has 2 aromatic carbocycles. The summed E-state index contributed by atoms with van der Waals surface area (Å²) in [6.07, 6.45) is -4.29. The summed E-state index contributed by atoms with van der Waals surface area (Å²) in [5.74, 6) is 0.795. The van der Waals surface area contributed by atoms with Gasteiger partial charge in [0.2, 0.25) is 0 Å². The number of hydrogen-bond acceptors (Lipinski definition) is 6. The summed E-state index contributed by atoms with van der Waals surface area (Å²) in [5.41, 5.74) is 2.42. The number of rotatable bonds is 6. The minimum Gasteiger partial charge on any atom is -0.494 e. The molecule has 1 aliphatic heterocycles. The van der Waals surface area contributed by atoms with Crippen LogP contribution < -0.4 is 4.74 Å². The van der Waals surface area contributed by atoms with Gasteiger partial charge in [0.05, 0.1) is 23.8 Å². The van der Waals surface area contributed by atoms with Crippen molar-refractivity contribution in [2.45, 2.75) is 44.0 Å². The van der Waals surface area contributed by atoms with Gasteiger partial charge in [-0.25, -0.2) is 0 Å². The van der Waals surface area contributed by atoms with Crippen molar-refractivity contribution in [2.24, 2.45) is 0 Å². The number of aliphatic hydroxyl groups excluding tert-OH is 4. The lowest BCUT2D eigenvalue weighted by atomic mass is 9.91. The molecule has 1 fully saturated rings. The number of nitrogens with zero attached hydrogens (tertiary/aromatic N) is 1. The fourth-order valence-corrected chi connectivity index (χ4v) is 4.39. The fraction of sp³-hybridized carbons (Fsp3) is 0.391. The van der Waals surface area contributed by atoms with Gasteiger partial charge in [-0.3, -0.25) is 0 Å². The Morgan fingerprint density at radius 1 is 1.03 bits per heavy atom. The number of aliphatic hydroxyl groups is 4. The van der Waals surface area contributed by atoms with Gasteiger partial charge in [-0.15, -0.1) is 0 Å². The molecule has 5 atom stereocenters. The molecule has 0 bridgehead atoms. The Hall–Kier alpha value is -2.13. The number of halogens is 1. The van der Waals surface area contributed by atoms with Crippen molar-refractivity contribution in [2.75, 3.05) is 13.2 Å². The Morgan fingerprint density at radius 3 is 2.45 bits per heavy atom. The van der Waals surface area contributed by atoms with E-state index in [1.54, 1.807) is 12.1 Å². The average molecular weight is 448 g/mol. The van der Waals surface area contributed by atoms with Gasteiger partial charge in [0.25, 0.3) is 0 Å². The first-order valence-electron chi connectivity index (χ1n) is 10.2. The highest BCUT2D eigenvalue weighted by Gasteiger charge is 2.44. The molecule has 8 heteroatoms. The van der Waals surface area contributed by atoms with E-state index in [2.05, 4.69) is 0 Å². The van der Waals surface area contributed by atoms with Gasteiger partial charge in [-0.2, -0.15) is 0 Å². The summed E-state index contributed by atoms with van der Waals surface area (Å²) >= 11 is 6.52. The fourth-order valence-electron chi connectivity index (χ4n) is 4.11. The van der Waals surface area contributed by atoms with Gasteiger partial charge in [0, 0.05) is 23.7 Å². The van der Waals surface area contributed by atoms with Crippen LogP contribution in [0.5, 0.6) is 5.75 Å². The Bertz CT molecular complexity index is 1030. The van der Waals surface area contributed by atoms with Crippen molar-refractivity contribution < 1.29 is 29.9 Å². The predicted molar refractivity (Wildman–Crippen MR) is 116 cm³/mol. The van der Waals surface area contributed by atoms with E-state index in [1.807, 2.05) is 48.0 Å². The Kier molecular flexibility index (Phi) is 6.52. The first kappa shape index (κ1) is 22.1. The van der Waals surface area contributed by atoms with Gasteiger partial charge in [-0.05, 0) is 30.7 Å². The second-order valence-corrected chi connectivity index (χ2v) is 8.08. The van der Waals surface area contributed by atoms with Gasteiger partial charge in [0.15, 0.2) is 0 Å². The van der Waals surface area contributed by atoms with Crippen molar-refractivity contribution in [3.05, 3.63) is 64.8 Å². The van der Waals surface area contributed by atoms with Crippen LogP contribution >= 0.6 is 11.6 Å². The Labute approximate surface area is 185 Å². The zero-order valence-electron chi connectivity index (χ0n) is 17.1. The summed E-state index contributed by atoms with van der Waals surface area (Å²) in [4.78, 5) is 0. The molecule has 4 rings (SSSR count). The third-order valence-electron chi connectivity index (χ3n) is 5.67. The number of ether oxygens (including phenoxy) is 2. The van der Waals surface area contributed by atoms with E-state index in [-0.39, 0.29) is 0 Å². The maximum atomic E-state index is 10.6. The standard InChI is InChI=1S/C23H26ClNO6/c1-2-30-14-8-6-13(7-9-14)10-25-11-16(15-4-3-5-17(24)19(15)25)23-22(29)21(28)20(27)18(12-26)31-23/h3-9,11,18,20-23,26-29H,2,10,12H2,1H3/t18-,20-,21+,22-,23+/m1/s1. The molecule has 0 unspecified atom stereocenters. The van der Waals surface area contributed by atoms with Crippen LogP contribution in [0.25, 0.3) is 10.9 Å². The van der Waals surface area contributed by atoms with Crippen molar-refractivity contribution in [1.29, 1.82) is 0 Å². The molecule has 0 radical (unpaired) electrons. The predicted octanol–water partition coefficient (Wildman–Crippen LogP) is 2.26. The molecule has 0 aliphatic carbocycles. The van der Waals surface area contributed by atoms with Crippen LogP contribution in [-0.2, 0) is 11.3 Å². The minimum absolute atomic E-state index is 0.479. The molecule has 4 N–H and O–H groups in total. The molecule has 166 valence electrons. The Morgan fingerprint density at radius 2 is 1.77 bits per heavy atom. The Balaban J connectivity index is 1.73. The highest BCUT2D eigenvalue weighted by Crippen LogP contribution is 2.39. The normalized spacial score (nSPS) is 26.3. The summed E-state index contributed by atoms with van der Waals surface area (Å²) in [6, 6.07) is 13.2. The number of fused-ring (bicyclic) bond motifs is 1. The molecular formula is C23H26ClNO6. The van der Waals surface area contributed by atoms with E-state index in [1.165, 1.54) is 0 Å². The van der Waals surface area contributed by atoms with Gasteiger partial charge >= 0.3 is 0 Å².